The van der Waals surface area contributed by atoms with Crippen molar-refractivity contribution >= 4 is 11.6 Å². The highest BCUT2D eigenvalue weighted by atomic mass is 35.5. The van der Waals surface area contributed by atoms with Crippen LogP contribution in [0.4, 0.5) is 0 Å². The van der Waals surface area contributed by atoms with E-state index in [1.807, 2.05) is 0 Å². The van der Waals surface area contributed by atoms with Crippen molar-refractivity contribution in [3.8, 4) is 0 Å². The number of benzene rings is 1. The van der Waals surface area contributed by atoms with Crippen LogP contribution in [-0.4, -0.2) is 14.2 Å². The lowest BCUT2D eigenvalue weighted by Crippen LogP contribution is -2.23. The maximum atomic E-state index is 5.98. The van der Waals surface area contributed by atoms with Crippen molar-refractivity contribution in [3.05, 3.63) is 35.9 Å². The standard InChI is InChI=1S/C9H10ClO2/c1-11-9(10,12-2)8-6-4-3-5-7-8/h4-7H,1-2H3. The second-order valence-corrected chi connectivity index (χ2v) is 2.73. The molecule has 0 aliphatic rings. The first-order valence-corrected chi connectivity index (χ1v) is 3.86. The summed E-state index contributed by atoms with van der Waals surface area (Å²) < 4.78 is 10.0. The molecule has 1 rings (SSSR count). The van der Waals surface area contributed by atoms with Crippen molar-refractivity contribution in [2.24, 2.45) is 0 Å². The number of rotatable bonds is 3. The molecule has 0 fully saturated rings. The minimum absolute atomic E-state index is 0.757. The summed E-state index contributed by atoms with van der Waals surface area (Å²) in [6.45, 7) is 0. The summed E-state index contributed by atoms with van der Waals surface area (Å²) in [5.74, 6) is 0. The van der Waals surface area contributed by atoms with Gasteiger partial charge in [0, 0.05) is 19.8 Å². The minimum atomic E-state index is -1.17. The predicted molar refractivity (Wildman–Crippen MR) is 46.8 cm³/mol. The molecule has 0 aliphatic heterocycles. The Hall–Kier alpha value is -0.570. The molecule has 0 atom stereocenters. The number of alkyl halides is 1. The smallest absolute Gasteiger partial charge is 0.275 e. The number of hydrogen-bond acceptors (Lipinski definition) is 2. The van der Waals surface area contributed by atoms with Crippen molar-refractivity contribution < 1.29 is 9.47 Å². The number of hydrogen-bond donors (Lipinski definition) is 0. The van der Waals surface area contributed by atoms with Gasteiger partial charge in [-0.1, -0.05) is 35.9 Å². The number of methoxy groups -OCH3 is 2. The van der Waals surface area contributed by atoms with E-state index >= 15 is 0 Å². The van der Waals surface area contributed by atoms with Crippen molar-refractivity contribution in [3.63, 3.8) is 0 Å². The zero-order chi connectivity index (χ0) is 9.03. The van der Waals surface area contributed by atoms with E-state index in [4.69, 9.17) is 21.1 Å². The predicted octanol–water partition coefficient (Wildman–Crippen LogP) is 2.13. The molecule has 12 heavy (non-hydrogen) atoms. The summed E-state index contributed by atoms with van der Waals surface area (Å²) in [4.78, 5) is 0. The van der Waals surface area contributed by atoms with E-state index < -0.39 is 5.25 Å². The van der Waals surface area contributed by atoms with Crippen LogP contribution in [0.1, 0.15) is 5.56 Å². The second-order valence-electron chi connectivity index (χ2n) is 2.23. The molecule has 0 N–H and O–H groups in total. The molecule has 2 nitrogen and oxygen atoms in total. The number of halogens is 1. The highest BCUT2D eigenvalue weighted by Gasteiger charge is 2.28. The molecular formula is C9H10ClO2. The molecule has 1 aromatic carbocycles. The highest BCUT2D eigenvalue weighted by molar-refractivity contribution is 6.22. The van der Waals surface area contributed by atoms with Gasteiger partial charge in [0.25, 0.3) is 5.25 Å². The third-order valence-corrected chi connectivity index (χ3v) is 2.11. The molecule has 0 saturated carbocycles. The van der Waals surface area contributed by atoms with Gasteiger partial charge in [-0.3, -0.25) is 0 Å². The Morgan fingerprint density at radius 1 is 1.25 bits per heavy atom. The van der Waals surface area contributed by atoms with Crippen LogP contribution in [0, 0.1) is 6.07 Å². The molecule has 65 valence electrons. The van der Waals surface area contributed by atoms with E-state index in [1.165, 1.54) is 14.2 Å². The van der Waals surface area contributed by atoms with Gasteiger partial charge in [-0.05, 0) is 6.07 Å². The second kappa shape index (κ2) is 3.90. The highest BCUT2D eigenvalue weighted by Crippen LogP contribution is 2.29. The molecule has 0 spiro atoms. The topological polar surface area (TPSA) is 18.5 Å². The van der Waals surface area contributed by atoms with Crippen LogP contribution in [0.2, 0.25) is 0 Å². The third kappa shape index (κ3) is 1.78. The van der Waals surface area contributed by atoms with Gasteiger partial charge < -0.3 is 9.47 Å². The van der Waals surface area contributed by atoms with Gasteiger partial charge in [0.15, 0.2) is 0 Å². The van der Waals surface area contributed by atoms with Crippen LogP contribution >= 0.6 is 11.6 Å². The van der Waals surface area contributed by atoms with Gasteiger partial charge in [0.05, 0.1) is 0 Å². The van der Waals surface area contributed by atoms with Crippen LogP contribution < -0.4 is 0 Å². The SMILES string of the molecule is COC(Cl)(OC)c1cc[c]cc1. The first kappa shape index (κ1) is 9.52. The Morgan fingerprint density at radius 3 is 2.17 bits per heavy atom. The van der Waals surface area contributed by atoms with Crippen LogP contribution in [0.5, 0.6) is 0 Å². The summed E-state index contributed by atoms with van der Waals surface area (Å²) >= 11 is 5.98. The maximum Gasteiger partial charge on any atom is 0.275 e. The zero-order valence-corrected chi connectivity index (χ0v) is 7.76. The van der Waals surface area contributed by atoms with Crippen molar-refractivity contribution in [1.29, 1.82) is 0 Å². The Labute approximate surface area is 77.1 Å². The average molecular weight is 186 g/mol. The lowest BCUT2D eigenvalue weighted by atomic mass is 10.2. The van der Waals surface area contributed by atoms with Crippen LogP contribution in [-0.2, 0) is 14.7 Å². The van der Waals surface area contributed by atoms with Gasteiger partial charge in [-0.25, -0.2) is 0 Å². The van der Waals surface area contributed by atoms with Crippen LogP contribution in [0.3, 0.4) is 0 Å². The van der Waals surface area contributed by atoms with Crippen molar-refractivity contribution in [1.82, 2.24) is 0 Å². The molecular weight excluding hydrogens is 176 g/mol. The van der Waals surface area contributed by atoms with Gasteiger partial charge in [-0.2, -0.15) is 0 Å². The first-order valence-electron chi connectivity index (χ1n) is 3.49. The van der Waals surface area contributed by atoms with E-state index in [0.29, 0.717) is 0 Å². The van der Waals surface area contributed by atoms with Gasteiger partial charge in [0.1, 0.15) is 0 Å². The zero-order valence-electron chi connectivity index (χ0n) is 7.00. The molecule has 0 aromatic heterocycles. The van der Waals surface area contributed by atoms with E-state index in [1.54, 1.807) is 24.3 Å². The normalized spacial score (nSPS) is 11.6. The van der Waals surface area contributed by atoms with Crippen LogP contribution in [0.25, 0.3) is 0 Å². The molecule has 0 saturated heterocycles. The summed E-state index contributed by atoms with van der Waals surface area (Å²) in [6, 6.07) is 9.98. The first-order chi connectivity index (χ1) is 5.73. The summed E-state index contributed by atoms with van der Waals surface area (Å²) in [5.41, 5.74) is 0.757. The molecule has 0 amide bonds. The number of ether oxygens (including phenoxy) is 2. The fourth-order valence-electron chi connectivity index (χ4n) is 0.905. The fourth-order valence-corrected chi connectivity index (χ4v) is 1.03. The van der Waals surface area contributed by atoms with Crippen molar-refractivity contribution in [2.75, 3.05) is 14.2 Å². The minimum Gasteiger partial charge on any atom is -0.337 e. The molecule has 0 aliphatic carbocycles. The lowest BCUT2D eigenvalue weighted by Gasteiger charge is -2.23. The van der Waals surface area contributed by atoms with Gasteiger partial charge in [0.2, 0.25) is 0 Å². The van der Waals surface area contributed by atoms with E-state index in [9.17, 15) is 0 Å². The van der Waals surface area contributed by atoms with E-state index in [2.05, 4.69) is 6.07 Å². The molecule has 0 unspecified atom stereocenters. The quantitative estimate of drug-likeness (QED) is 0.531. The monoisotopic (exact) mass is 185 g/mol. The molecule has 1 radical (unpaired) electrons. The third-order valence-electron chi connectivity index (χ3n) is 1.59. The summed E-state index contributed by atoms with van der Waals surface area (Å²) in [5, 5.41) is -1.17. The largest absolute Gasteiger partial charge is 0.337 e. The Kier molecular flexibility index (Phi) is 3.09. The molecule has 0 heterocycles. The Bertz CT molecular complexity index is 232. The lowest BCUT2D eigenvalue weighted by molar-refractivity contribution is -0.147. The molecule has 3 heteroatoms. The van der Waals surface area contributed by atoms with Gasteiger partial charge in [-0.15, -0.1) is 0 Å². The van der Waals surface area contributed by atoms with Gasteiger partial charge >= 0.3 is 0 Å². The molecule has 0 bridgehead atoms. The summed E-state index contributed by atoms with van der Waals surface area (Å²) in [7, 11) is 2.99. The Morgan fingerprint density at radius 2 is 1.75 bits per heavy atom. The Balaban J connectivity index is 2.95. The van der Waals surface area contributed by atoms with Crippen LogP contribution in [0.15, 0.2) is 24.3 Å². The maximum absolute atomic E-state index is 5.98. The van der Waals surface area contributed by atoms with E-state index in [-0.39, 0.29) is 0 Å². The summed E-state index contributed by atoms with van der Waals surface area (Å²) in [6.07, 6.45) is 0. The average Bonchev–Trinajstić information content (AvgIpc) is 2.18. The fraction of sp³-hybridized carbons (Fsp3) is 0.333. The van der Waals surface area contributed by atoms with E-state index in [0.717, 1.165) is 5.56 Å². The molecule has 1 aromatic rings. The van der Waals surface area contributed by atoms with Crippen molar-refractivity contribution in [2.45, 2.75) is 5.25 Å².